The molecule has 2 aromatic carbocycles. The van der Waals surface area contributed by atoms with E-state index in [1.165, 1.54) is 0 Å². The third kappa shape index (κ3) is 3.59. The maximum absolute atomic E-state index is 13.3. The number of ketones is 1. The lowest BCUT2D eigenvalue weighted by Crippen LogP contribution is -2.43. The van der Waals surface area contributed by atoms with E-state index in [2.05, 4.69) is 50.2 Å². The van der Waals surface area contributed by atoms with E-state index in [1.807, 2.05) is 43.3 Å². The Kier molecular flexibility index (Phi) is 6.33. The van der Waals surface area contributed by atoms with Gasteiger partial charge in [0.1, 0.15) is 5.78 Å². The van der Waals surface area contributed by atoms with Crippen molar-refractivity contribution >= 4 is 5.78 Å². The lowest BCUT2D eigenvalue weighted by Gasteiger charge is -2.38. The van der Waals surface area contributed by atoms with E-state index < -0.39 is 5.41 Å². The largest absolute Gasteiger partial charge is 0.306 e. The van der Waals surface area contributed by atoms with E-state index in [4.69, 9.17) is 0 Å². The van der Waals surface area contributed by atoms with Gasteiger partial charge in [0, 0.05) is 12.5 Å². The molecule has 0 aliphatic carbocycles. The molecule has 0 N–H and O–H groups in total. The zero-order valence-electron chi connectivity index (χ0n) is 15.3. The van der Waals surface area contributed by atoms with Crippen LogP contribution in [0.4, 0.5) is 0 Å². The number of carbonyl (C=O) groups is 1. The Morgan fingerprint density at radius 2 is 1.38 bits per heavy atom. The predicted molar refractivity (Wildman–Crippen MR) is 101 cm³/mol. The summed E-state index contributed by atoms with van der Waals surface area (Å²) in [6.45, 7) is 4.17. The number of hydrogen-bond donors (Lipinski definition) is 0. The van der Waals surface area contributed by atoms with Gasteiger partial charge in [0.05, 0.1) is 5.41 Å². The third-order valence-corrected chi connectivity index (χ3v) is 5.07. The maximum Gasteiger partial charge on any atom is 0.147 e. The maximum atomic E-state index is 13.3. The van der Waals surface area contributed by atoms with Crippen LogP contribution in [0.3, 0.4) is 0 Å². The van der Waals surface area contributed by atoms with Crippen molar-refractivity contribution in [2.75, 3.05) is 14.1 Å². The molecule has 2 nitrogen and oxygen atoms in total. The molecule has 128 valence electrons. The molecule has 0 amide bonds. The summed E-state index contributed by atoms with van der Waals surface area (Å²) in [5, 5.41) is 0. The summed E-state index contributed by atoms with van der Waals surface area (Å²) in [7, 11) is 4.21. The second-order valence-corrected chi connectivity index (χ2v) is 6.64. The first-order valence-corrected chi connectivity index (χ1v) is 8.87. The third-order valence-electron chi connectivity index (χ3n) is 5.07. The van der Waals surface area contributed by atoms with Gasteiger partial charge in [0.25, 0.3) is 0 Å². The molecule has 2 heteroatoms. The minimum absolute atomic E-state index is 0.292. The summed E-state index contributed by atoms with van der Waals surface area (Å²) < 4.78 is 0. The fraction of sp³-hybridized carbons (Fsp3) is 0.409. The molecule has 0 aliphatic rings. The smallest absolute Gasteiger partial charge is 0.147 e. The molecule has 0 heterocycles. The number of nitrogens with zero attached hydrogens (tertiary/aromatic N) is 1. The van der Waals surface area contributed by atoms with Gasteiger partial charge in [-0.1, -0.05) is 74.5 Å². The minimum atomic E-state index is -0.581. The molecule has 1 atom stereocenters. The van der Waals surface area contributed by atoms with Gasteiger partial charge < -0.3 is 4.90 Å². The van der Waals surface area contributed by atoms with Crippen molar-refractivity contribution in [3.8, 4) is 0 Å². The number of Topliss-reactive ketones (excluding diaryl/α,β-unsaturated/α-hetero) is 1. The fourth-order valence-corrected chi connectivity index (χ4v) is 3.63. The van der Waals surface area contributed by atoms with Crippen LogP contribution in [-0.4, -0.2) is 30.8 Å². The Labute approximate surface area is 146 Å². The zero-order chi connectivity index (χ0) is 17.6. The van der Waals surface area contributed by atoms with Gasteiger partial charge in [-0.25, -0.2) is 0 Å². The topological polar surface area (TPSA) is 20.3 Å². The van der Waals surface area contributed by atoms with E-state index in [-0.39, 0.29) is 0 Å². The first kappa shape index (κ1) is 18.4. The highest BCUT2D eigenvalue weighted by molar-refractivity contribution is 5.93. The average molecular weight is 323 g/mol. The summed E-state index contributed by atoms with van der Waals surface area (Å²) in [6.07, 6.45) is 2.36. The van der Waals surface area contributed by atoms with E-state index in [9.17, 15) is 4.79 Å². The van der Waals surface area contributed by atoms with E-state index in [0.717, 1.165) is 24.0 Å². The van der Waals surface area contributed by atoms with Crippen molar-refractivity contribution < 1.29 is 4.79 Å². The lowest BCUT2D eigenvalue weighted by atomic mass is 9.66. The number of hydrogen-bond acceptors (Lipinski definition) is 2. The highest BCUT2D eigenvalue weighted by Crippen LogP contribution is 2.40. The van der Waals surface area contributed by atoms with Crippen LogP contribution in [0, 0.1) is 0 Å². The molecular formula is C22H29NO. The standard InChI is InChI=1S/C22H29NO/c1-5-20(23(3)4)17-22(21(24)6-2,18-13-9-7-10-14-18)19-15-11-8-12-16-19/h7-16,20H,5-6,17H2,1-4H3/t20-/m0/s1. The molecule has 24 heavy (non-hydrogen) atoms. The van der Waals surface area contributed by atoms with Crippen molar-refractivity contribution in [3.63, 3.8) is 0 Å². The second-order valence-electron chi connectivity index (χ2n) is 6.64. The van der Waals surface area contributed by atoms with E-state index in [0.29, 0.717) is 18.2 Å². The molecule has 0 aromatic heterocycles. The first-order valence-electron chi connectivity index (χ1n) is 8.87. The molecule has 0 saturated carbocycles. The number of benzene rings is 2. The average Bonchev–Trinajstić information content (AvgIpc) is 2.63. The summed E-state index contributed by atoms with van der Waals surface area (Å²) in [5.41, 5.74) is 1.62. The number of rotatable bonds is 8. The highest BCUT2D eigenvalue weighted by atomic mass is 16.1. The van der Waals surface area contributed by atoms with Gasteiger partial charge in [0.15, 0.2) is 0 Å². The molecule has 2 rings (SSSR count). The molecule has 0 spiro atoms. The van der Waals surface area contributed by atoms with Crippen LogP contribution in [0.25, 0.3) is 0 Å². The summed E-state index contributed by atoms with van der Waals surface area (Å²) in [4.78, 5) is 15.5. The Morgan fingerprint density at radius 3 is 1.71 bits per heavy atom. The van der Waals surface area contributed by atoms with Gasteiger partial charge in [0.2, 0.25) is 0 Å². The second kappa shape index (κ2) is 8.25. The van der Waals surface area contributed by atoms with E-state index in [1.54, 1.807) is 0 Å². The molecule has 2 aromatic rings. The van der Waals surface area contributed by atoms with Crippen LogP contribution >= 0.6 is 0 Å². The molecule has 0 radical (unpaired) electrons. The van der Waals surface area contributed by atoms with Crippen LogP contribution in [0.2, 0.25) is 0 Å². The Morgan fingerprint density at radius 1 is 0.917 bits per heavy atom. The molecule has 0 unspecified atom stereocenters. The van der Waals surface area contributed by atoms with E-state index >= 15 is 0 Å². The quantitative estimate of drug-likeness (QED) is 0.703. The monoisotopic (exact) mass is 323 g/mol. The van der Waals surface area contributed by atoms with Crippen molar-refractivity contribution in [1.82, 2.24) is 4.90 Å². The summed E-state index contributed by atoms with van der Waals surface area (Å²) in [6, 6.07) is 20.9. The van der Waals surface area contributed by atoms with Crippen molar-refractivity contribution in [2.24, 2.45) is 0 Å². The Bertz CT molecular complexity index is 594. The molecule has 0 fully saturated rings. The Hall–Kier alpha value is -1.93. The van der Waals surface area contributed by atoms with Gasteiger partial charge >= 0.3 is 0 Å². The highest BCUT2D eigenvalue weighted by Gasteiger charge is 2.42. The normalized spacial score (nSPS) is 13.0. The molecule has 0 aliphatic heterocycles. The lowest BCUT2D eigenvalue weighted by molar-refractivity contribution is -0.123. The molecular weight excluding hydrogens is 294 g/mol. The predicted octanol–water partition coefficient (Wildman–Crippen LogP) is 4.68. The van der Waals surface area contributed by atoms with Crippen LogP contribution < -0.4 is 0 Å². The molecule has 0 bridgehead atoms. The Balaban J connectivity index is 2.67. The van der Waals surface area contributed by atoms with Gasteiger partial charge in [-0.05, 0) is 38.1 Å². The van der Waals surface area contributed by atoms with Gasteiger partial charge in [-0.15, -0.1) is 0 Å². The van der Waals surface area contributed by atoms with Crippen molar-refractivity contribution in [3.05, 3.63) is 71.8 Å². The fourth-order valence-electron chi connectivity index (χ4n) is 3.63. The SMILES string of the molecule is CCC(=O)C(C[C@H](CC)N(C)C)(c1ccccc1)c1ccccc1. The van der Waals surface area contributed by atoms with Crippen molar-refractivity contribution in [2.45, 2.75) is 44.6 Å². The van der Waals surface area contributed by atoms with Crippen molar-refractivity contribution in [1.29, 1.82) is 0 Å². The van der Waals surface area contributed by atoms with Gasteiger partial charge in [-0.2, -0.15) is 0 Å². The van der Waals surface area contributed by atoms with Crippen LogP contribution in [-0.2, 0) is 10.2 Å². The zero-order valence-corrected chi connectivity index (χ0v) is 15.3. The first-order chi connectivity index (χ1) is 11.6. The summed E-state index contributed by atoms with van der Waals surface area (Å²) in [5.74, 6) is 0.292. The summed E-state index contributed by atoms with van der Waals surface area (Å²) >= 11 is 0. The molecule has 0 saturated heterocycles. The van der Waals surface area contributed by atoms with Gasteiger partial charge in [-0.3, -0.25) is 4.79 Å². The minimum Gasteiger partial charge on any atom is -0.306 e. The van der Waals surface area contributed by atoms with Crippen LogP contribution in [0.5, 0.6) is 0 Å². The van der Waals surface area contributed by atoms with Crippen LogP contribution in [0.15, 0.2) is 60.7 Å². The number of carbonyl (C=O) groups excluding carboxylic acids is 1. The van der Waals surface area contributed by atoms with Crippen LogP contribution in [0.1, 0.15) is 44.2 Å².